The molecule has 0 radical (unpaired) electrons. The lowest BCUT2D eigenvalue weighted by Crippen LogP contribution is -2.38. The lowest BCUT2D eigenvalue weighted by molar-refractivity contribution is 0.200. The van der Waals surface area contributed by atoms with Crippen LogP contribution in [0.15, 0.2) is 59.5 Å². The van der Waals surface area contributed by atoms with Crippen LogP contribution in [0.2, 0.25) is 0 Å². The first-order valence-corrected chi connectivity index (χ1v) is 11.6. The number of rotatable bonds is 7. The maximum Gasteiger partial charge on any atom is 0.321 e. The SMILES string of the molecule is C[C@H](CCc1ccccc1)NS(=O)(=O)c1ccc(NC(=O)N2CCCCC2)cc1. The molecular formula is C22H29N3O3S. The second-order valence-electron chi connectivity index (χ2n) is 7.55. The molecule has 0 aliphatic carbocycles. The van der Waals surface area contributed by atoms with Crippen molar-refractivity contribution in [3.63, 3.8) is 0 Å². The lowest BCUT2D eigenvalue weighted by Gasteiger charge is -2.26. The molecule has 1 atom stereocenters. The highest BCUT2D eigenvalue weighted by molar-refractivity contribution is 7.89. The summed E-state index contributed by atoms with van der Waals surface area (Å²) < 4.78 is 28.0. The van der Waals surface area contributed by atoms with Crippen molar-refractivity contribution in [2.45, 2.75) is 50.0 Å². The van der Waals surface area contributed by atoms with Crippen LogP contribution in [0.4, 0.5) is 10.5 Å². The van der Waals surface area contributed by atoms with Gasteiger partial charge in [0.1, 0.15) is 0 Å². The molecule has 29 heavy (non-hydrogen) atoms. The second kappa shape index (κ2) is 9.89. The number of nitrogens with one attached hydrogen (secondary N) is 2. The topological polar surface area (TPSA) is 78.5 Å². The van der Waals surface area contributed by atoms with Gasteiger partial charge in [-0.05, 0) is 68.9 Å². The van der Waals surface area contributed by atoms with Crippen molar-refractivity contribution in [1.29, 1.82) is 0 Å². The Morgan fingerprint density at radius 2 is 1.66 bits per heavy atom. The van der Waals surface area contributed by atoms with E-state index in [-0.39, 0.29) is 17.0 Å². The molecule has 2 aromatic rings. The van der Waals surface area contributed by atoms with Crippen molar-refractivity contribution in [3.05, 3.63) is 60.2 Å². The second-order valence-corrected chi connectivity index (χ2v) is 9.26. The molecule has 0 unspecified atom stereocenters. The summed E-state index contributed by atoms with van der Waals surface area (Å²) in [4.78, 5) is 14.3. The van der Waals surface area contributed by atoms with Crippen LogP contribution in [0.1, 0.15) is 38.2 Å². The lowest BCUT2D eigenvalue weighted by atomic mass is 10.1. The molecule has 7 heteroatoms. The number of likely N-dealkylation sites (tertiary alicyclic amines) is 1. The monoisotopic (exact) mass is 415 g/mol. The van der Waals surface area contributed by atoms with Crippen LogP contribution in [0, 0.1) is 0 Å². The molecule has 1 aliphatic heterocycles. The van der Waals surface area contributed by atoms with Gasteiger partial charge in [-0.25, -0.2) is 17.9 Å². The zero-order valence-electron chi connectivity index (χ0n) is 16.8. The van der Waals surface area contributed by atoms with E-state index in [0.717, 1.165) is 38.8 Å². The van der Waals surface area contributed by atoms with Gasteiger partial charge < -0.3 is 10.2 Å². The molecule has 1 fully saturated rings. The Kier molecular flexibility index (Phi) is 7.28. The van der Waals surface area contributed by atoms with E-state index < -0.39 is 10.0 Å². The minimum absolute atomic E-state index is 0.132. The van der Waals surface area contributed by atoms with Gasteiger partial charge in [0.15, 0.2) is 0 Å². The molecule has 2 aromatic carbocycles. The zero-order valence-corrected chi connectivity index (χ0v) is 17.6. The Bertz CT molecular complexity index is 893. The van der Waals surface area contributed by atoms with E-state index >= 15 is 0 Å². The minimum atomic E-state index is -3.60. The van der Waals surface area contributed by atoms with Crippen molar-refractivity contribution in [2.75, 3.05) is 18.4 Å². The Hall–Kier alpha value is -2.38. The third-order valence-corrected chi connectivity index (χ3v) is 6.73. The molecule has 1 heterocycles. The zero-order chi connectivity index (χ0) is 20.7. The van der Waals surface area contributed by atoms with Crippen molar-refractivity contribution in [2.24, 2.45) is 0 Å². The van der Waals surface area contributed by atoms with Crippen molar-refractivity contribution >= 4 is 21.7 Å². The average Bonchev–Trinajstić information content (AvgIpc) is 2.74. The maximum atomic E-state index is 12.6. The van der Waals surface area contributed by atoms with Crippen LogP contribution >= 0.6 is 0 Å². The van der Waals surface area contributed by atoms with Gasteiger partial charge in [0.2, 0.25) is 10.0 Å². The normalized spacial score (nSPS) is 15.7. The van der Waals surface area contributed by atoms with E-state index in [4.69, 9.17) is 0 Å². The van der Waals surface area contributed by atoms with Crippen LogP contribution in [-0.4, -0.2) is 38.5 Å². The highest BCUT2D eigenvalue weighted by Gasteiger charge is 2.19. The Morgan fingerprint density at radius 3 is 2.31 bits per heavy atom. The Labute approximate surface area is 173 Å². The van der Waals surface area contributed by atoms with Gasteiger partial charge in [-0.15, -0.1) is 0 Å². The summed E-state index contributed by atoms with van der Waals surface area (Å²) in [6.07, 6.45) is 4.74. The van der Waals surface area contributed by atoms with E-state index in [1.807, 2.05) is 37.3 Å². The van der Waals surface area contributed by atoms with E-state index in [1.165, 1.54) is 17.7 Å². The van der Waals surface area contributed by atoms with Crippen LogP contribution in [0.5, 0.6) is 0 Å². The minimum Gasteiger partial charge on any atom is -0.325 e. The third-order valence-electron chi connectivity index (χ3n) is 5.12. The van der Waals surface area contributed by atoms with Crippen LogP contribution in [-0.2, 0) is 16.4 Å². The number of nitrogens with zero attached hydrogens (tertiary/aromatic N) is 1. The molecule has 156 valence electrons. The smallest absolute Gasteiger partial charge is 0.321 e. The highest BCUT2D eigenvalue weighted by atomic mass is 32.2. The van der Waals surface area contributed by atoms with Crippen molar-refractivity contribution in [1.82, 2.24) is 9.62 Å². The Balaban J connectivity index is 1.54. The predicted octanol–water partition coefficient (Wildman–Crippen LogP) is 4.00. The maximum absolute atomic E-state index is 12.6. The largest absolute Gasteiger partial charge is 0.325 e. The van der Waals surface area contributed by atoms with Crippen LogP contribution in [0.25, 0.3) is 0 Å². The van der Waals surface area contributed by atoms with Gasteiger partial charge in [-0.2, -0.15) is 0 Å². The number of hydrogen-bond donors (Lipinski definition) is 2. The fourth-order valence-electron chi connectivity index (χ4n) is 3.44. The van der Waals surface area contributed by atoms with Gasteiger partial charge in [-0.3, -0.25) is 0 Å². The van der Waals surface area contributed by atoms with Crippen molar-refractivity contribution < 1.29 is 13.2 Å². The molecule has 0 bridgehead atoms. The summed E-state index contributed by atoms with van der Waals surface area (Å²) in [6.45, 7) is 3.40. The van der Waals surface area contributed by atoms with Gasteiger partial charge in [-0.1, -0.05) is 30.3 Å². The number of piperidine rings is 1. The number of aryl methyl sites for hydroxylation is 1. The standard InChI is InChI=1S/C22H29N3O3S/c1-18(10-11-19-8-4-2-5-9-19)24-29(27,28)21-14-12-20(13-15-21)23-22(26)25-16-6-3-7-17-25/h2,4-5,8-9,12-15,18,24H,3,6-7,10-11,16-17H2,1H3,(H,23,26)/t18-/m1/s1. The number of amides is 2. The summed E-state index contributed by atoms with van der Waals surface area (Å²) in [5, 5.41) is 2.84. The molecule has 0 aromatic heterocycles. The third kappa shape index (κ3) is 6.30. The quantitative estimate of drug-likeness (QED) is 0.717. The number of carbonyl (C=O) groups is 1. The van der Waals surface area contributed by atoms with Crippen molar-refractivity contribution in [3.8, 4) is 0 Å². The Morgan fingerprint density at radius 1 is 1.00 bits per heavy atom. The van der Waals surface area contributed by atoms with Crippen LogP contribution < -0.4 is 10.0 Å². The molecule has 6 nitrogen and oxygen atoms in total. The van der Waals surface area contributed by atoms with E-state index in [2.05, 4.69) is 10.0 Å². The first-order chi connectivity index (χ1) is 13.9. The van der Waals surface area contributed by atoms with Gasteiger partial charge in [0, 0.05) is 24.8 Å². The molecule has 1 saturated heterocycles. The van der Waals surface area contributed by atoms with Gasteiger partial charge >= 0.3 is 6.03 Å². The summed E-state index contributed by atoms with van der Waals surface area (Å²) in [6, 6.07) is 16.0. The van der Waals surface area contributed by atoms with E-state index in [0.29, 0.717) is 12.1 Å². The predicted molar refractivity (Wildman–Crippen MR) is 115 cm³/mol. The molecule has 2 amide bonds. The van der Waals surface area contributed by atoms with E-state index in [9.17, 15) is 13.2 Å². The van der Waals surface area contributed by atoms with Crippen LogP contribution in [0.3, 0.4) is 0 Å². The number of urea groups is 1. The summed E-state index contributed by atoms with van der Waals surface area (Å²) in [5.74, 6) is 0. The molecular weight excluding hydrogens is 386 g/mol. The average molecular weight is 416 g/mol. The van der Waals surface area contributed by atoms with Gasteiger partial charge in [0.05, 0.1) is 4.90 Å². The fourth-order valence-corrected chi connectivity index (χ4v) is 4.71. The molecule has 0 saturated carbocycles. The van der Waals surface area contributed by atoms with E-state index in [1.54, 1.807) is 17.0 Å². The summed E-state index contributed by atoms with van der Waals surface area (Å²) in [7, 11) is -3.60. The number of hydrogen-bond acceptors (Lipinski definition) is 3. The van der Waals surface area contributed by atoms with Gasteiger partial charge in [0.25, 0.3) is 0 Å². The molecule has 2 N–H and O–H groups in total. The highest BCUT2D eigenvalue weighted by Crippen LogP contribution is 2.17. The summed E-state index contributed by atoms with van der Waals surface area (Å²) in [5.41, 5.74) is 1.78. The number of anilines is 1. The number of sulfonamides is 1. The molecule has 0 spiro atoms. The fraction of sp³-hybridized carbons (Fsp3) is 0.409. The first kappa shape index (κ1) is 21.3. The number of benzene rings is 2. The summed E-state index contributed by atoms with van der Waals surface area (Å²) >= 11 is 0. The number of carbonyl (C=O) groups excluding carboxylic acids is 1. The molecule has 3 rings (SSSR count). The first-order valence-electron chi connectivity index (χ1n) is 10.2. The molecule has 1 aliphatic rings.